The number of carbonyl (C=O) groups excluding carboxylic acids is 1. The van der Waals surface area contributed by atoms with E-state index >= 15 is 0 Å². The number of phenolic OH excluding ortho intramolecular Hbond substituents is 1. The molecule has 2 heterocycles. The average molecular weight is 423 g/mol. The van der Waals surface area contributed by atoms with Crippen molar-refractivity contribution >= 4 is 38.2 Å². The molecule has 1 aliphatic carbocycles. The van der Waals surface area contributed by atoms with Crippen LogP contribution in [0.25, 0.3) is 0 Å². The zero-order valence-electron chi connectivity index (χ0n) is 14.0. The van der Waals surface area contributed by atoms with Gasteiger partial charge >= 0.3 is 0 Å². The molecule has 5 nitrogen and oxygen atoms in total. The lowest BCUT2D eigenvalue weighted by molar-refractivity contribution is 0.0934. The van der Waals surface area contributed by atoms with Crippen LogP contribution in [0.4, 0.5) is 5.00 Å². The fraction of sp³-hybridized carbons (Fsp3) is 0.389. The second kappa shape index (κ2) is 6.21. The molecule has 0 fully saturated rings. The van der Waals surface area contributed by atoms with Gasteiger partial charge in [0.15, 0.2) is 11.5 Å². The van der Waals surface area contributed by atoms with Crippen LogP contribution in [0.2, 0.25) is 0 Å². The highest BCUT2D eigenvalue weighted by molar-refractivity contribution is 9.10. The first-order valence-electron chi connectivity index (χ1n) is 8.26. The van der Waals surface area contributed by atoms with Crippen LogP contribution in [0.15, 0.2) is 16.6 Å². The number of ether oxygens (including phenoxy) is 1. The smallest absolute Gasteiger partial charge is 0.256 e. The molecule has 1 aromatic heterocycles. The molecule has 2 aliphatic rings. The SMILES string of the molecule is COc1cc(Br)cc([C@H]2NC(=O)c3c(sc4c3CC[C@H](C)C4)N2)c1O. The van der Waals surface area contributed by atoms with E-state index in [0.29, 0.717) is 17.2 Å². The summed E-state index contributed by atoms with van der Waals surface area (Å²) in [5, 5.41) is 17.7. The first kappa shape index (κ1) is 16.7. The number of anilines is 1. The lowest BCUT2D eigenvalue weighted by Gasteiger charge is -2.28. The van der Waals surface area contributed by atoms with Crippen LogP contribution in [0.5, 0.6) is 11.5 Å². The highest BCUT2D eigenvalue weighted by Gasteiger charge is 2.34. The Hall–Kier alpha value is -1.73. The minimum Gasteiger partial charge on any atom is -0.504 e. The van der Waals surface area contributed by atoms with Crippen LogP contribution < -0.4 is 15.4 Å². The maximum Gasteiger partial charge on any atom is 0.256 e. The average Bonchev–Trinajstić information content (AvgIpc) is 2.94. The molecule has 132 valence electrons. The highest BCUT2D eigenvalue weighted by Crippen LogP contribution is 2.44. The summed E-state index contributed by atoms with van der Waals surface area (Å²) in [6.07, 6.45) is 2.61. The third-order valence-electron chi connectivity index (χ3n) is 4.89. The third kappa shape index (κ3) is 2.79. The quantitative estimate of drug-likeness (QED) is 0.677. The Morgan fingerprint density at radius 1 is 1.36 bits per heavy atom. The number of fused-ring (bicyclic) bond motifs is 3. The maximum absolute atomic E-state index is 12.8. The van der Waals surface area contributed by atoms with Gasteiger partial charge in [0, 0.05) is 14.9 Å². The molecular formula is C18H19BrN2O3S. The lowest BCUT2D eigenvalue weighted by atomic mass is 9.88. The van der Waals surface area contributed by atoms with Crippen molar-refractivity contribution in [2.45, 2.75) is 32.4 Å². The summed E-state index contributed by atoms with van der Waals surface area (Å²) in [6.45, 7) is 2.25. The number of hydrogen-bond donors (Lipinski definition) is 3. The Morgan fingerprint density at radius 3 is 2.92 bits per heavy atom. The van der Waals surface area contributed by atoms with Crippen LogP contribution in [0.3, 0.4) is 0 Å². The summed E-state index contributed by atoms with van der Waals surface area (Å²) >= 11 is 5.09. The van der Waals surface area contributed by atoms with Crippen LogP contribution in [0.1, 0.15) is 45.9 Å². The van der Waals surface area contributed by atoms with E-state index in [9.17, 15) is 9.90 Å². The van der Waals surface area contributed by atoms with Gasteiger partial charge in [0.05, 0.1) is 12.7 Å². The number of nitrogens with one attached hydrogen (secondary N) is 2. The van der Waals surface area contributed by atoms with Crippen molar-refractivity contribution < 1.29 is 14.6 Å². The Morgan fingerprint density at radius 2 is 2.16 bits per heavy atom. The van der Waals surface area contributed by atoms with E-state index in [4.69, 9.17) is 4.74 Å². The molecule has 0 saturated heterocycles. The zero-order valence-corrected chi connectivity index (χ0v) is 16.4. The number of hydrogen-bond acceptors (Lipinski definition) is 5. The van der Waals surface area contributed by atoms with Crippen molar-refractivity contribution in [1.82, 2.24) is 5.32 Å². The van der Waals surface area contributed by atoms with E-state index in [2.05, 4.69) is 33.5 Å². The van der Waals surface area contributed by atoms with Crippen molar-refractivity contribution in [3.63, 3.8) is 0 Å². The van der Waals surface area contributed by atoms with Crippen LogP contribution >= 0.6 is 27.3 Å². The largest absolute Gasteiger partial charge is 0.504 e. The molecule has 0 bridgehead atoms. The summed E-state index contributed by atoms with van der Waals surface area (Å²) in [4.78, 5) is 14.1. The summed E-state index contributed by atoms with van der Waals surface area (Å²) in [5.41, 5.74) is 2.55. The fourth-order valence-electron chi connectivity index (χ4n) is 3.59. The Bertz CT molecular complexity index is 864. The zero-order chi connectivity index (χ0) is 17.7. The van der Waals surface area contributed by atoms with Crippen molar-refractivity contribution in [3.8, 4) is 11.5 Å². The molecule has 0 saturated carbocycles. The molecule has 1 amide bonds. The summed E-state index contributed by atoms with van der Waals surface area (Å²) in [5.74, 6) is 0.974. The van der Waals surface area contributed by atoms with E-state index in [0.717, 1.165) is 34.3 Å². The molecule has 2 aromatic rings. The van der Waals surface area contributed by atoms with E-state index in [1.807, 2.05) is 0 Å². The third-order valence-corrected chi connectivity index (χ3v) is 6.53. The Kier molecular flexibility index (Phi) is 4.16. The summed E-state index contributed by atoms with van der Waals surface area (Å²) in [6, 6.07) is 3.48. The number of carbonyl (C=O) groups is 1. The van der Waals surface area contributed by atoms with E-state index in [-0.39, 0.29) is 11.7 Å². The standard InChI is InChI=1S/C18H19BrN2O3S/c1-8-3-4-10-13(5-8)25-18-14(10)17(23)20-16(21-18)11-6-9(19)7-12(24-2)15(11)22/h6-8,16,21-22H,3-5H2,1-2H3,(H,20,23)/t8-,16-/m0/s1. The normalized spacial score (nSPS) is 21.8. The van der Waals surface area contributed by atoms with Crippen LogP contribution in [0, 0.1) is 5.92 Å². The number of thiophene rings is 1. The van der Waals surface area contributed by atoms with Gasteiger partial charge in [0.1, 0.15) is 11.2 Å². The van der Waals surface area contributed by atoms with Gasteiger partial charge in [0.2, 0.25) is 0 Å². The Labute approximate surface area is 158 Å². The highest BCUT2D eigenvalue weighted by atomic mass is 79.9. The van der Waals surface area contributed by atoms with Gasteiger partial charge in [-0.05, 0) is 42.9 Å². The van der Waals surface area contributed by atoms with Crippen molar-refractivity contribution in [2.75, 3.05) is 12.4 Å². The fourth-order valence-corrected chi connectivity index (χ4v) is 5.48. The summed E-state index contributed by atoms with van der Waals surface area (Å²) < 4.78 is 5.99. The molecule has 1 aromatic carbocycles. The van der Waals surface area contributed by atoms with E-state index < -0.39 is 6.17 Å². The molecule has 4 rings (SSSR count). The number of phenols is 1. The minimum absolute atomic E-state index is 0.0295. The number of benzene rings is 1. The van der Waals surface area contributed by atoms with Gasteiger partial charge in [-0.1, -0.05) is 22.9 Å². The second-order valence-electron chi connectivity index (χ2n) is 6.65. The van der Waals surface area contributed by atoms with E-state index in [1.165, 1.54) is 17.6 Å². The molecule has 0 unspecified atom stereocenters. The maximum atomic E-state index is 12.8. The molecule has 0 radical (unpaired) electrons. The monoisotopic (exact) mass is 422 g/mol. The van der Waals surface area contributed by atoms with Gasteiger partial charge in [-0.2, -0.15) is 0 Å². The number of amides is 1. The van der Waals surface area contributed by atoms with Crippen molar-refractivity contribution in [1.29, 1.82) is 0 Å². The number of methoxy groups -OCH3 is 1. The molecular weight excluding hydrogens is 404 g/mol. The molecule has 3 N–H and O–H groups in total. The minimum atomic E-state index is -0.496. The molecule has 1 aliphatic heterocycles. The van der Waals surface area contributed by atoms with Gasteiger partial charge in [-0.15, -0.1) is 11.3 Å². The number of halogens is 1. The molecule has 2 atom stereocenters. The number of aromatic hydroxyl groups is 1. The molecule has 25 heavy (non-hydrogen) atoms. The molecule has 7 heteroatoms. The van der Waals surface area contributed by atoms with Gasteiger partial charge < -0.3 is 20.5 Å². The van der Waals surface area contributed by atoms with Crippen LogP contribution in [-0.2, 0) is 12.8 Å². The summed E-state index contributed by atoms with van der Waals surface area (Å²) in [7, 11) is 1.50. The van der Waals surface area contributed by atoms with Crippen molar-refractivity contribution in [2.24, 2.45) is 5.92 Å². The first-order valence-corrected chi connectivity index (χ1v) is 9.87. The first-order chi connectivity index (χ1) is 12.0. The predicted molar refractivity (Wildman–Crippen MR) is 102 cm³/mol. The van der Waals surface area contributed by atoms with Crippen molar-refractivity contribution in [3.05, 3.63) is 38.2 Å². The van der Waals surface area contributed by atoms with Gasteiger partial charge in [-0.3, -0.25) is 4.79 Å². The topological polar surface area (TPSA) is 70.6 Å². The van der Waals surface area contributed by atoms with E-state index in [1.54, 1.807) is 23.5 Å². The Balaban J connectivity index is 1.73. The number of rotatable bonds is 2. The van der Waals surface area contributed by atoms with Crippen LogP contribution in [-0.4, -0.2) is 18.1 Å². The predicted octanol–water partition coefficient (Wildman–Crippen LogP) is 4.20. The molecule has 0 spiro atoms. The van der Waals surface area contributed by atoms with Gasteiger partial charge in [0.25, 0.3) is 5.91 Å². The lowest BCUT2D eigenvalue weighted by Crippen LogP contribution is -2.38. The van der Waals surface area contributed by atoms with Gasteiger partial charge in [-0.25, -0.2) is 0 Å². The second-order valence-corrected chi connectivity index (χ2v) is 8.67.